The van der Waals surface area contributed by atoms with E-state index in [1.807, 2.05) is 0 Å². The molecular weight excluding hydrogens is 420 g/mol. The highest BCUT2D eigenvalue weighted by Gasteiger charge is 2.41. The fraction of sp³-hybridized carbons (Fsp3) is 0.550. The lowest BCUT2D eigenvalue weighted by molar-refractivity contribution is -0.191. The van der Waals surface area contributed by atoms with Crippen LogP contribution >= 0.6 is 11.8 Å². The van der Waals surface area contributed by atoms with E-state index in [0.29, 0.717) is 23.7 Å². The number of hydrogen-bond acceptors (Lipinski definition) is 7. The maximum Gasteiger partial charge on any atom is 0.363 e. The van der Waals surface area contributed by atoms with E-state index in [9.17, 15) is 14.7 Å². The Kier molecular flexibility index (Phi) is 10.2. The Morgan fingerprint density at radius 3 is 2.77 bits per heavy atom. The topological polar surface area (TPSA) is 154 Å². The number of benzene rings is 1. The van der Waals surface area contributed by atoms with Crippen molar-refractivity contribution < 1.29 is 19.5 Å². The van der Waals surface area contributed by atoms with Crippen molar-refractivity contribution in [2.75, 3.05) is 12.3 Å². The molecule has 31 heavy (non-hydrogen) atoms. The van der Waals surface area contributed by atoms with Crippen LogP contribution in [0.3, 0.4) is 0 Å². The SMILES string of the molecule is CCCCCN=C(N)CCCSC1CC(O)N(OC(=O)c2ccc(N=[N+]=[N-])cc2)C1=O. The minimum atomic E-state index is -1.19. The minimum Gasteiger partial charge on any atom is -0.387 e. The number of aliphatic imine (C=N–C) groups is 1. The van der Waals surface area contributed by atoms with Crippen LogP contribution in [-0.2, 0) is 9.63 Å². The van der Waals surface area contributed by atoms with Gasteiger partial charge in [-0.15, -0.1) is 16.8 Å². The molecule has 2 atom stereocenters. The first-order chi connectivity index (χ1) is 15.0. The highest BCUT2D eigenvalue weighted by atomic mass is 32.2. The van der Waals surface area contributed by atoms with Crippen LogP contribution in [0.5, 0.6) is 0 Å². The van der Waals surface area contributed by atoms with Crippen LogP contribution < -0.4 is 5.73 Å². The van der Waals surface area contributed by atoms with Crippen LogP contribution in [0.4, 0.5) is 5.69 Å². The number of nitrogens with zero attached hydrogens (tertiary/aromatic N) is 5. The first-order valence-electron chi connectivity index (χ1n) is 10.2. The molecule has 1 heterocycles. The molecule has 10 nitrogen and oxygen atoms in total. The van der Waals surface area contributed by atoms with Gasteiger partial charge in [-0.05, 0) is 36.3 Å². The van der Waals surface area contributed by atoms with Gasteiger partial charge in [-0.3, -0.25) is 9.79 Å². The first kappa shape index (κ1) is 24.5. The monoisotopic (exact) mass is 448 g/mol. The van der Waals surface area contributed by atoms with Gasteiger partial charge in [0, 0.05) is 30.0 Å². The Morgan fingerprint density at radius 2 is 2.10 bits per heavy atom. The molecule has 1 aromatic carbocycles. The van der Waals surface area contributed by atoms with Crippen molar-refractivity contribution in [1.29, 1.82) is 0 Å². The number of rotatable bonds is 12. The molecule has 1 aliphatic rings. The van der Waals surface area contributed by atoms with Crippen molar-refractivity contribution in [1.82, 2.24) is 5.06 Å². The van der Waals surface area contributed by atoms with Crippen LogP contribution in [0.2, 0.25) is 0 Å². The van der Waals surface area contributed by atoms with Gasteiger partial charge < -0.3 is 15.7 Å². The summed E-state index contributed by atoms with van der Waals surface area (Å²) in [6, 6.07) is 5.74. The van der Waals surface area contributed by atoms with Gasteiger partial charge in [-0.1, -0.05) is 37.0 Å². The molecule has 2 unspecified atom stereocenters. The minimum absolute atomic E-state index is 0.168. The summed E-state index contributed by atoms with van der Waals surface area (Å²) in [4.78, 5) is 36.9. The fourth-order valence-electron chi connectivity index (χ4n) is 2.92. The normalized spacial score (nSPS) is 18.7. The Hall–Kier alpha value is -2.75. The summed E-state index contributed by atoms with van der Waals surface area (Å²) in [5.74, 6) is 0.0728. The molecule has 1 amide bonds. The van der Waals surface area contributed by atoms with Gasteiger partial charge in [0.15, 0.2) is 6.23 Å². The predicted molar refractivity (Wildman–Crippen MR) is 120 cm³/mol. The number of aliphatic hydroxyl groups excluding tert-OH is 1. The van der Waals surface area contributed by atoms with E-state index >= 15 is 0 Å². The number of carbonyl (C=O) groups is 2. The number of hydrogen-bond donors (Lipinski definition) is 2. The Labute approximate surface area is 185 Å². The van der Waals surface area contributed by atoms with E-state index in [1.165, 1.54) is 36.0 Å². The Bertz CT molecular complexity index is 825. The average Bonchev–Trinajstić information content (AvgIpc) is 3.02. The number of nitrogens with two attached hydrogens (primary N) is 1. The molecule has 0 saturated carbocycles. The van der Waals surface area contributed by atoms with Gasteiger partial charge in [0.05, 0.1) is 16.6 Å². The molecule has 3 N–H and O–H groups in total. The summed E-state index contributed by atoms with van der Waals surface area (Å²) in [5, 5.41) is 13.8. The lowest BCUT2D eigenvalue weighted by Gasteiger charge is -2.18. The van der Waals surface area contributed by atoms with E-state index in [0.717, 1.165) is 37.3 Å². The van der Waals surface area contributed by atoms with Gasteiger partial charge in [0.1, 0.15) is 0 Å². The third kappa shape index (κ3) is 7.78. The van der Waals surface area contributed by atoms with Gasteiger partial charge in [-0.25, -0.2) is 4.79 Å². The number of carbonyl (C=O) groups excluding carboxylic acids is 2. The largest absolute Gasteiger partial charge is 0.387 e. The number of azide groups is 1. The molecule has 1 saturated heterocycles. The maximum absolute atomic E-state index is 12.5. The van der Waals surface area contributed by atoms with E-state index in [4.69, 9.17) is 16.1 Å². The zero-order valence-corrected chi connectivity index (χ0v) is 18.3. The Morgan fingerprint density at radius 1 is 1.35 bits per heavy atom. The quantitative estimate of drug-likeness (QED) is 0.124. The Balaban J connectivity index is 1.78. The summed E-state index contributed by atoms with van der Waals surface area (Å²) < 4.78 is 0. The second-order valence-corrected chi connectivity index (χ2v) is 8.35. The number of thioether (sulfide) groups is 1. The second kappa shape index (κ2) is 12.8. The number of unbranched alkanes of at least 4 members (excludes halogenated alkanes) is 2. The maximum atomic E-state index is 12.5. The third-order valence-electron chi connectivity index (χ3n) is 4.61. The van der Waals surface area contributed by atoms with Crippen molar-refractivity contribution in [3.05, 3.63) is 40.3 Å². The highest BCUT2D eigenvalue weighted by Crippen LogP contribution is 2.29. The van der Waals surface area contributed by atoms with E-state index in [1.54, 1.807) is 0 Å². The number of amides is 1. The average molecular weight is 449 g/mol. The van der Waals surface area contributed by atoms with Crippen molar-refractivity contribution in [3.8, 4) is 0 Å². The molecule has 0 aliphatic carbocycles. The lowest BCUT2D eigenvalue weighted by Crippen LogP contribution is -2.36. The van der Waals surface area contributed by atoms with E-state index < -0.39 is 23.4 Å². The van der Waals surface area contributed by atoms with Crippen LogP contribution in [0.1, 0.15) is 55.8 Å². The number of amidine groups is 1. The van der Waals surface area contributed by atoms with Crippen molar-refractivity contribution >= 4 is 35.2 Å². The molecule has 168 valence electrons. The number of aliphatic hydroxyl groups is 1. The van der Waals surface area contributed by atoms with Crippen molar-refractivity contribution in [2.24, 2.45) is 15.8 Å². The van der Waals surface area contributed by atoms with Gasteiger partial charge in [0.2, 0.25) is 0 Å². The molecule has 11 heteroatoms. The smallest absolute Gasteiger partial charge is 0.363 e. The van der Waals surface area contributed by atoms with E-state index in [-0.39, 0.29) is 12.0 Å². The first-order valence-corrected chi connectivity index (χ1v) is 11.3. The summed E-state index contributed by atoms with van der Waals surface area (Å²) in [5.41, 5.74) is 14.8. The molecule has 0 spiro atoms. The van der Waals surface area contributed by atoms with Crippen LogP contribution in [-0.4, -0.2) is 51.7 Å². The van der Waals surface area contributed by atoms with Gasteiger partial charge >= 0.3 is 5.97 Å². The van der Waals surface area contributed by atoms with Crippen LogP contribution in [0.15, 0.2) is 34.4 Å². The molecule has 2 rings (SSSR count). The van der Waals surface area contributed by atoms with Crippen LogP contribution in [0.25, 0.3) is 10.4 Å². The van der Waals surface area contributed by atoms with Crippen molar-refractivity contribution in [3.63, 3.8) is 0 Å². The zero-order valence-electron chi connectivity index (χ0n) is 17.5. The molecular formula is C20H28N6O4S. The second-order valence-electron chi connectivity index (χ2n) is 7.04. The summed E-state index contributed by atoms with van der Waals surface area (Å²) in [6.45, 7) is 2.88. The molecule has 1 fully saturated rings. The standard InChI is InChI=1S/C20H28N6O4S/c1-2-3-4-11-23-17(21)6-5-12-31-16-13-18(27)26(19(16)28)30-20(29)14-7-9-15(10-8-14)24-25-22/h7-10,16,18,27H,2-6,11-13H2,1H3,(H2,21,23). The van der Waals surface area contributed by atoms with Crippen molar-refractivity contribution in [2.45, 2.75) is 56.9 Å². The van der Waals surface area contributed by atoms with Gasteiger partial charge in [-0.2, -0.15) is 0 Å². The molecule has 1 aromatic rings. The summed E-state index contributed by atoms with van der Waals surface area (Å²) in [6.07, 6.45) is 3.73. The molecule has 1 aliphatic heterocycles. The third-order valence-corrected chi connectivity index (χ3v) is 5.93. The molecule has 0 aromatic heterocycles. The van der Waals surface area contributed by atoms with Gasteiger partial charge in [0.25, 0.3) is 5.91 Å². The van der Waals surface area contributed by atoms with Crippen LogP contribution in [0, 0.1) is 0 Å². The lowest BCUT2D eigenvalue weighted by atomic mass is 10.2. The van der Waals surface area contributed by atoms with E-state index in [2.05, 4.69) is 21.9 Å². The fourth-order valence-corrected chi connectivity index (χ4v) is 4.07. The molecule has 0 bridgehead atoms. The summed E-state index contributed by atoms with van der Waals surface area (Å²) in [7, 11) is 0. The predicted octanol–water partition coefficient (Wildman–Crippen LogP) is 3.68. The zero-order chi connectivity index (χ0) is 22.6. The highest BCUT2D eigenvalue weighted by molar-refractivity contribution is 8.00. The number of hydroxylamine groups is 2. The molecule has 0 radical (unpaired) electrons. The summed E-state index contributed by atoms with van der Waals surface area (Å²) >= 11 is 1.40.